The molecule has 1 aromatic carbocycles. The van der Waals surface area contributed by atoms with Crippen molar-refractivity contribution in [3.63, 3.8) is 0 Å². The lowest BCUT2D eigenvalue weighted by atomic mass is 9.93. The molecule has 1 heterocycles. The van der Waals surface area contributed by atoms with Gasteiger partial charge in [0.25, 0.3) is 5.91 Å². The number of carbonyl (C=O) groups is 2. The molecule has 114 valence electrons. The Morgan fingerprint density at radius 2 is 2.00 bits per heavy atom. The summed E-state index contributed by atoms with van der Waals surface area (Å²) in [6, 6.07) is 7.26. The Balaban J connectivity index is 2.20. The maximum absolute atomic E-state index is 12.7. The van der Waals surface area contributed by atoms with E-state index < -0.39 is 11.2 Å². The second kappa shape index (κ2) is 6.10. The summed E-state index contributed by atoms with van der Waals surface area (Å²) in [4.78, 5) is 26.3. The highest BCUT2D eigenvalue weighted by atomic mass is 32.2. The van der Waals surface area contributed by atoms with Gasteiger partial charge in [0.05, 0.1) is 5.56 Å². The molecule has 0 radical (unpaired) electrons. The van der Waals surface area contributed by atoms with E-state index in [4.69, 9.17) is 5.11 Å². The number of hydrogen-bond donors (Lipinski definition) is 1. The minimum Gasteiger partial charge on any atom is -0.480 e. The van der Waals surface area contributed by atoms with E-state index in [9.17, 15) is 9.59 Å². The molecular weight excluding hydrogens is 286 g/mol. The van der Waals surface area contributed by atoms with Crippen LogP contribution in [-0.2, 0) is 4.79 Å². The highest BCUT2D eigenvalue weighted by molar-refractivity contribution is 8.00. The molecule has 5 heteroatoms. The Kier molecular flexibility index (Phi) is 4.61. The van der Waals surface area contributed by atoms with Crippen molar-refractivity contribution in [2.45, 2.75) is 37.3 Å². The predicted octanol–water partition coefficient (Wildman–Crippen LogP) is 3.12. The third-order valence-corrected chi connectivity index (χ3v) is 4.90. The average molecular weight is 307 g/mol. The van der Waals surface area contributed by atoms with Gasteiger partial charge in [-0.05, 0) is 30.9 Å². The van der Waals surface area contributed by atoms with Gasteiger partial charge < -0.3 is 10.0 Å². The topological polar surface area (TPSA) is 57.6 Å². The average Bonchev–Trinajstić information content (AvgIpc) is 2.79. The third kappa shape index (κ3) is 3.79. The standard InChI is InChI=1S/C16H21NO3S/c1-11(15(19)20)21-13-7-5-4-6-12(13)14(18)17-9-8-16(2,3)10-17/h4-7,11H,8-10H2,1-3H3,(H,19,20). The SMILES string of the molecule is CC(Sc1ccccc1C(=O)N1CCC(C)(C)C1)C(=O)O. The van der Waals surface area contributed by atoms with Gasteiger partial charge in [-0.1, -0.05) is 26.0 Å². The number of likely N-dealkylation sites (tertiary alicyclic amines) is 1. The van der Waals surface area contributed by atoms with E-state index in [1.807, 2.05) is 23.1 Å². The molecule has 0 saturated carbocycles. The Bertz CT molecular complexity index is 556. The molecule has 0 aromatic heterocycles. The minimum atomic E-state index is -0.871. The molecule has 1 aliphatic heterocycles. The zero-order valence-corrected chi connectivity index (χ0v) is 13.4. The molecule has 2 rings (SSSR count). The minimum absolute atomic E-state index is 0.00117. The Morgan fingerprint density at radius 1 is 1.33 bits per heavy atom. The summed E-state index contributed by atoms with van der Waals surface area (Å²) in [6.07, 6.45) is 1.000. The zero-order chi connectivity index (χ0) is 15.6. The number of benzene rings is 1. The van der Waals surface area contributed by atoms with Crippen LogP contribution in [0.4, 0.5) is 0 Å². The van der Waals surface area contributed by atoms with Crippen molar-refractivity contribution >= 4 is 23.6 Å². The van der Waals surface area contributed by atoms with Crippen molar-refractivity contribution in [3.8, 4) is 0 Å². The highest BCUT2D eigenvalue weighted by Crippen LogP contribution is 2.32. The first-order valence-electron chi connectivity index (χ1n) is 7.08. The van der Waals surface area contributed by atoms with Crippen molar-refractivity contribution in [1.82, 2.24) is 4.90 Å². The summed E-state index contributed by atoms with van der Waals surface area (Å²) < 4.78 is 0. The van der Waals surface area contributed by atoms with E-state index >= 15 is 0 Å². The number of rotatable bonds is 4. The van der Waals surface area contributed by atoms with Gasteiger partial charge in [-0.2, -0.15) is 0 Å². The quantitative estimate of drug-likeness (QED) is 0.868. The fraction of sp³-hybridized carbons (Fsp3) is 0.500. The fourth-order valence-electron chi connectivity index (χ4n) is 2.44. The maximum Gasteiger partial charge on any atom is 0.316 e. The summed E-state index contributed by atoms with van der Waals surface area (Å²) >= 11 is 1.22. The number of carbonyl (C=O) groups excluding carboxylic acids is 1. The summed E-state index contributed by atoms with van der Waals surface area (Å²) in [7, 11) is 0. The molecule has 1 N–H and O–H groups in total. The molecule has 1 amide bonds. The lowest BCUT2D eigenvalue weighted by Gasteiger charge is -2.21. The molecule has 4 nitrogen and oxygen atoms in total. The summed E-state index contributed by atoms with van der Waals surface area (Å²) in [5, 5.41) is 8.46. The van der Waals surface area contributed by atoms with Gasteiger partial charge in [0.2, 0.25) is 0 Å². The Morgan fingerprint density at radius 3 is 2.57 bits per heavy atom. The normalized spacial score (nSPS) is 18.5. The molecule has 0 aliphatic carbocycles. The van der Waals surface area contributed by atoms with Gasteiger partial charge in [0.1, 0.15) is 5.25 Å². The molecule has 1 saturated heterocycles. The molecule has 21 heavy (non-hydrogen) atoms. The van der Waals surface area contributed by atoms with Crippen molar-refractivity contribution in [2.24, 2.45) is 5.41 Å². The first-order chi connectivity index (χ1) is 9.80. The van der Waals surface area contributed by atoms with E-state index in [1.54, 1.807) is 13.0 Å². The summed E-state index contributed by atoms with van der Waals surface area (Å²) in [5.74, 6) is -0.870. The highest BCUT2D eigenvalue weighted by Gasteiger charge is 2.33. The predicted molar refractivity (Wildman–Crippen MR) is 83.7 cm³/mol. The van der Waals surface area contributed by atoms with Crippen LogP contribution in [0.15, 0.2) is 29.2 Å². The molecule has 1 fully saturated rings. The van der Waals surface area contributed by atoms with Crippen molar-refractivity contribution in [2.75, 3.05) is 13.1 Å². The Labute approximate surface area is 129 Å². The monoisotopic (exact) mass is 307 g/mol. The van der Waals surface area contributed by atoms with Crippen LogP contribution in [0, 0.1) is 5.41 Å². The molecule has 0 spiro atoms. The largest absolute Gasteiger partial charge is 0.480 e. The van der Waals surface area contributed by atoms with Crippen LogP contribution in [0.25, 0.3) is 0 Å². The lowest BCUT2D eigenvalue weighted by Crippen LogP contribution is -2.30. The maximum atomic E-state index is 12.7. The van der Waals surface area contributed by atoms with Gasteiger partial charge >= 0.3 is 5.97 Å². The van der Waals surface area contributed by atoms with Crippen LogP contribution in [0.5, 0.6) is 0 Å². The van der Waals surface area contributed by atoms with Gasteiger partial charge in [-0.3, -0.25) is 9.59 Å². The summed E-state index contributed by atoms with van der Waals surface area (Å²) in [6.45, 7) is 7.47. The Hall–Kier alpha value is -1.49. The third-order valence-electron chi connectivity index (χ3n) is 3.73. The zero-order valence-electron chi connectivity index (χ0n) is 12.6. The second-order valence-electron chi connectivity index (χ2n) is 6.24. The molecule has 0 bridgehead atoms. The lowest BCUT2D eigenvalue weighted by molar-refractivity contribution is -0.136. The molecular formula is C16H21NO3S. The van der Waals surface area contributed by atoms with Gasteiger partial charge in [0, 0.05) is 18.0 Å². The number of hydrogen-bond acceptors (Lipinski definition) is 3. The van der Waals surface area contributed by atoms with Crippen LogP contribution >= 0.6 is 11.8 Å². The van der Waals surface area contributed by atoms with Crippen molar-refractivity contribution < 1.29 is 14.7 Å². The van der Waals surface area contributed by atoms with E-state index in [1.165, 1.54) is 11.8 Å². The number of carboxylic acids is 1. The number of amides is 1. The smallest absolute Gasteiger partial charge is 0.316 e. The summed E-state index contributed by atoms with van der Waals surface area (Å²) in [5.41, 5.74) is 0.764. The van der Waals surface area contributed by atoms with Crippen LogP contribution in [0.1, 0.15) is 37.6 Å². The van der Waals surface area contributed by atoms with Crippen molar-refractivity contribution in [3.05, 3.63) is 29.8 Å². The number of nitrogens with zero attached hydrogens (tertiary/aromatic N) is 1. The van der Waals surface area contributed by atoms with E-state index in [0.717, 1.165) is 24.4 Å². The number of thioether (sulfide) groups is 1. The van der Waals surface area contributed by atoms with Gasteiger partial charge in [-0.15, -0.1) is 11.8 Å². The van der Waals surface area contributed by atoms with E-state index in [0.29, 0.717) is 5.56 Å². The number of carboxylic acid groups (broad SMARTS) is 1. The van der Waals surface area contributed by atoms with Crippen LogP contribution in [0.2, 0.25) is 0 Å². The molecule has 1 atom stereocenters. The van der Waals surface area contributed by atoms with Crippen LogP contribution < -0.4 is 0 Å². The number of aliphatic carboxylic acids is 1. The van der Waals surface area contributed by atoms with Gasteiger partial charge in [-0.25, -0.2) is 0 Å². The van der Waals surface area contributed by atoms with E-state index in [-0.39, 0.29) is 11.3 Å². The molecule has 1 aliphatic rings. The van der Waals surface area contributed by atoms with Crippen LogP contribution in [-0.4, -0.2) is 40.2 Å². The fourth-order valence-corrected chi connectivity index (χ4v) is 3.36. The molecule has 1 unspecified atom stereocenters. The van der Waals surface area contributed by atoms with Gasteiger partial charge in [0.15, 0.2) is 0 Å². The first-order valence-corrected chi connectivity index (χ1v) is 7.96. The second-order valence-corrected chi connectivity index (χ2v) is 7.62. The van der Waals surface area contributed by atoms with Crippen LogP contribution in [0.3, 0.4) is 0 Å². The van der Waals surface area contributed by atoms with Crippen molar-refractivity contribution in [1.29, 1.82) is 0 Å². The molecule has 1 aromatic rings. The first kappa shape index (κ1) is 15.9. The van der Waals surface area contributed by atoms with E-state index in [2.05, 4.69) is 13.8 Å².